The van der Waals surface area contributed by atoms with Gasteiger partial charge in [0.2, 0.25) is 47.3 Å². The Hall–Kier alpha value is -3.44. The first-order valence-corrected chi connectivity index (χ1v) is 12.4. The third kappa shape index (κ3) is 2.22. The van der Waals surface area contributed by atoms with Crippen molar-refractivity contribution >= 4 is 47.3 Å². The van der Waals surface area contributed by atoms with Crippen molar-refractivity contribution in [3.8, 4) is 0 Å². The predicted molar refractivity (Wildman–Crippen MR) is 113 cm³/mol. The third-order valence-corrected chi connectivity index (χ3v) is 10.3. The van der Waals surface area contributed by atoms with Crippen molar-refractivity contribution in [1.82, 2.24) is 19.6 Å². The van der Waals surface area contributed by atoms with Gasteiger partial charge in [-0.1, -0.05) is 0 Å². The Kier molecular flexibility index (Phi) is 4.03. The van der Waals surface area contributed by atoms with E-state index in [1.54, 1.807) is 0 Å². The summed E-state index contributed by atoms with van der Waals surface area (Å²) >= 11 is 0. The summed E-state index contributed by atoms with van der Waals surface area (Å²) in [4.78, 5) is 107. The van der Waals surface area contributed by atoms with Crippen LogP contribution in [0, 0.1) is 59.2 Å². The molecule has 4 saturated heterocycles. The maximum Gasteiger partial charge on any atom is 0.234 e. The molecule has 0 N–H and O–H groups in total. The second-order valence-corrected chi connectivity index (χ2v) is 11.3. The van der Waals surface area contributed by atoms with E-state index in [0.717, 1.165) is 19.6 Å². The Morgan fingerprint density at radius 3 is 1.44 bits per heavy atom. The van der Waals surface area contributed by atoms with Gasteiger partial charge in [0.05, 0.1) is 35.5 Å². The van der Waals surface area contributed by atoms with Crippen molar-refractivity contribution in [3.05, 3.63) is 0 Å². The molecule has 12 nitrogen and oxygen atoms in total. The van der Waals surface area contributed by atoms with Gasteiger partial charge in [0.1, 0.15) is 0 Å². The second kappa shape index (κ2) is 6.65. The number of hydrogen-bond donors (Lipinski definition) is 0. The standard InChI is InChI=1S/C24H24N4O8/c1-25-10(29)6-8-7-5-9(11(8)18(25)30)13-12(7)21(33)27(22(13)34)3-4-28-23(35)16-14-15(17(16)24(28)36)20(32)26(2)19(14)31/h7-9,11-17H,3-6H2,1-2H3. The van der Waals surface area contributed by atoms with Crippen molar-refractivity contribution in [3.63, 3.8) is 0 Å². The number of carbonyl (C=O) groups is 8. The van der Waals surface area contributed by atoms with Gasteiger partial charge in [-0.3, -0.25) is 58.0 Å². The lowest BCUT2D eigenvalue weighted by molar-refractivity contribution is -0.157. The maximum atomic E-state index is 13.3. The van der Waals surface area contributed by atoms with Gasteiger partial charge in [-0.2, -0.15) is 0 Å². The van der Waals surface area contributed by atoms with Crippen LogP contribution in [-0.4, -0.2) is 94.0 Å². The van der Waals surface area contributed by atoms with E-state index in [1.807, 2.05) is 0 Å². The number of imide groups is 4. The van der Waals surface area contributed by atoms with Gasteiger partial charge in [-0.15, -0.1) is 0 Å². The molecule has 7 fully saturated rings. The van der Waals surface area contributed by atoms with Gasteiger partial charge < -0.3 is 0 Å². The summed E-state index contributed by atoms with van der Waals surface area (Å²) in [7, 11) is 2.79. The summed E-state index contributed by atoms with van der Waals surface area (Å²) in [5.74, 6) is -9.10. The highest BCUT2D eigenvalue weighted by Gasteiger charge is 2.73. The SMILES string of the molecule is CN1C(=O)CC2C3CC(C2C1=O)C1C(=O)N(CCN2C(=O)C4C5C(=O)N(C)C(=O)C5C4C2=O)C(=O)C31. The molecule has 4 heterocycles. The summed E-state index contributed by atoms with van der Waals surface area (Å²) in [6.45, 7) is -0.359. The molecule has 2 bridgehead atoms. The highest BCUT2D eigenvalue weighted by atomic mass is 16.2. The predicted octanol–water partition coefficient (Wildman–Crippen LogP) is -2.30. The summed E-state index contributed by atoms with van der Waals surface area (Å²) in [6.07, 6.45) is 0.752. The zero-order chi connectivity index (χ0) is 25.5. The minimum atomic E-state index is -0.868. The van der Waals surface area contributed by atoms with Gasteiger partial charge in [0.25, 0.3) is 0 Å². The number of nitrogens with zero attached hydrogens (tertiary/aromatic N) is 4. The Morgan fingerprint density at radius 2 is 0.917 bits per heavy atom. The molecule has 12 heteroatoms. The van der Waals surface area contributed by atoms with Crippen molar-refractivity contribution in [2.75, 3.05) is 27.2 Å². The fourth-order valence-corrected chi connectivity index (χ4v) is 8.65. The molecule has 7 rings (SSSR count). The molecule has 8 amide bonds. The first-order chi connectivity index (χ1) is 17.1. The molecule has 3 saturated carbocycles. The van der Waals surface area contributed by atoms with Gasteiger partial charge in [-0.25, -0.2) is 0 Å². The molecule has 10 atom stereocenters. The molecular weight excluding hydrogens is 472 g/mol. The molecule has 4 aliphatic heterocycles. The van der Waals surface area contributed by atoms with E-state index in [-0.39, 0.29) is 55.0 Å². The molecule has 0 radical (unpaired) electrons. The summed E-state index contributed by atoms with van der Waals surface area (Å²) in [5, 5.41) is 0. The van der Waals surface area contributed by atoms with Crippen LogP contribution < -0.4 is 0 Å². The van der Waals surface area contributed by atoms with Crippen LogP contribution in [0.1, 0.15) is 12.8 Å². The van der Waals surface area contributed by atoms with Crippen molar-refractivity contribution in [2.24, 2.45) is 59.2 Å². The normalized spacial score (nSPS) is 44.6. The molecule has 0 aromatic rings. The average molecular weight is 496 g/mol. The second-order valence-electron chi connectivity index (χ2n) is 11.3. The van der Waals surface area contributed by atoms with Crippen LogP contribution in [0.15, 0.2) is 0 Å². The number of fused-ring (bicyclic) bond motifs is 12. The van der Waals surface area contributed by atoms with Crippen LogP contribution in [-0.2, 0) is 38.4 Å². The molecule has 0 aromatic carbocycles. The highest BCUT2D eigenvalue weighted by Crippen LogP contribution is 2.63. The Bertz CT molecular complexity index is 1200. The Morgan fingerprint density at radius 1 is 0.500 bits per heavy atom. The van der Waals surface area contributed by atoms with Crippen molar-refractivity contribution in [2.45, 2.75) is 12.8 Å². The molecule has 0 spiro atoms. The van der Waals surface area contributed by atoms with E-state index < -0.39 is 71.0 Å². The lowest BCUT2D eigenvalue weighted by atomic mass is 9.59. The van der Waals surface area contributed by atoms with E-state index in [4.69, 9.17) is 0 Å². The van der Waals surface area contributed by atoms with Crippen LogP contribution >= 0.6 is 0 Å². The summed E-state index contributed by atoms with van der Waals surface area (Å²) in [5.41, 5.74) is 0. The fraction of sp³-hybridized carbons (Fsp3) is 0.667. The quantitative estimate of drug-likeness (QED) is 0.396. The minimum absolute atomic E-state index is 0.166. The monoisotopic (exact) mass is 496 g/mol. The average Bonchev–Trinajstić information content (AvgIpc) is 3.53. The van der Waals surface area contributed by atoms with Gasteiger partial charge in [0.15, 0.2) is 0 Å². The van der Waals surface area contributed by atoms with Crippen LogP contribution in [0.25, 0.3) is 0 Å². The van der Waals surface area contributed by atoms with Gasteiger partial charge in [0, 0.05) is 39.5 Å². The highest BCUT2D eigenvalue weighted by molar-refractivity contribution is 6.17. The maximum absolute atomic E-state index is 13.3. The van der Waals surface area contributed by atoms with E-state index >= 15 is 0 Å². The van der Waals surface area contributed by atoms with E-state index in [9.17, 15) is 38.4 Å². The molecule has 7 aliphatic rings. The Labute approximate surface area is 204 Å². The molecule has 188 valence electrons. The van der Waals surface area contributed by atoms with Crippen molar-refractivity contribution in [1.29, 1.82) is 0 Å². The van der Waals surface area contributed by atoms with Crippen LogP contribution in [0.4, 0.5) is 0 Å². The molecule has 0 aromatic heterocycles. The number of carbonyl (C=O) groups excluding carboxylic acids is 8. The number of hydrogen-bond acceptors (Lipinski definition) is 8. The first kappa shape index (κ1) is 21.8. The molecule has 36 heavy (non-hydrogen) atoms. The lowest BCUT2D eigenvalue weighted by Gasteiger charge is -2.40. The zero-order valence-corrected chi connectivity index (χ0v) is 19.7. The summed E-state index contributed by atoms with van der Waals surface area (Å²) in [6, 6.07) is 0. The molecule has 10 unspecified atom stereocenters. The largest absolute Gasteiger partial charge is 0.286 e. The smallest absolute Gasteiger partial charge is 0.234 e. The van der Waals surface area contributed by atoms with Crippen LogP contribution in [0.5, 0.6) is 0 Å². The third-order valence-electron chi connectivity index (χ3n) is 10.3. The van der Waals surface area contributed by atoms with Gasteiger partial charge in [-0.05, 0) is 24.2 Å². The van der Waals surface area contributed by atoms with E-state index in [0.29, 0.717) is 6.42 Å². The number of rotatable bonds is 3. The number of piperidine rings is 1. The fourth-order valence-electron chi connectivity index (χ4n) is 8.65. The lowest BCUT2D eigenvalue weighted by Crippen LogP contribution is -2.52. The van der Waals surface area contributed by atoms with Crippen LogP contribution in [0.3, 0.4) is 0 Å². The first-order valence-electron chi connectivity index (χ1n) is 12.4. The molecular formula is C24H24N4O8. The topological polar surface area (TPSA) is 150 Å². The minimum Gasteiger partial charge on any atom is -0.286 e. The van der Waals surface area contributed by atoms with Crippen molar-refractivity contribution < 1.29 is 38.4 Å². The zero-order valence-electron chi connectivity index (χ0n) is 19.7. The summed E-state index contributed by atoms with van der Waals surface area (Å²) < 4.78 is 0. The number of amides is 8. The Balaban J connectivity index is 1.08. The van der Waals surface area contributed by atoms with Crippen LogP contribution in [0.2, 0.25) is 0 Å². The van der Waals surface area contributed by atoms with Gasteiger partial charge >= 0.3 is 0 Å². The number of likely N-dealkylation sites (tertiary alicyclic amines) is 4. The van der Waals surface area contributed by atoms with E-state index in [1.165, 1.54) is 14.1 Å². The van der Waals surface area contributed by atoms with E-state index in [2.05, 4.69) is 0 Å². The molecule has 3 aliphatic carbocycles.